The molecule has 1 N–H and O–H groups in total. The summed E-state index contributed by atoms with van der Waals surface area (Å²) < 4.78 is 28.9. The lowest BCUT2D eigenvalue weighted by molar-refractivity contribution is 0.565. The number of hydrogen-bond donors (Lipinski definition) is 1. The first-order chi connectivity index (χ1) is 9.72. The molecule has 0 spiro atoms. The first-order valence-electron chi connectivity index (χ1n) is 6.04. The van der Waals surface area contributed by atoms with Crippen molar-refractivity contribution in [1.82, 2.24) is 19.5 Å². The Hall–Kier alpha value is -1.15. The van der Waals surface area contributed by atoms with Crippen molar-refractivity contribution in [2.45, 2.75) is 24.8 Å². The first kappa shape index (κ1) is 16.2. The Morgan fingerprint density at radius 1 is 1.33 bits per heavy atom. The minimum atomic E-state index is -3.75. The molecule has 0 saturated carbocycles. The number of nitrogens with one attached hydrogen (secondary N) is 1. The van der Waals surface area contributed by atoms with Crippen LogP contribution in [0.25, 0.3) is 0 Å². The molecule has 0 aliphatic rings. The number of rotatable bonds is 4. The molecule has 2 aromatic heterocycles. The van der Waals surface area contributed by atoms with Gasteiger partial charge in [-0.2, -0.15) is 5.10 Å². The van der Waals surface area contributed by atoms with Crippen LogP contribution in [0.2, 0.25) is 10.2 Å². The third-order valence-electron chi connectivity index (χ3n) is 3.15. The van der Waals surface area contributed by atoms with Gasteiger partial charge in [0.15, 0.2) is 0 Å². The zero-order chi connectivity index (χ0) is 15.8. The molecule has 0 amide bonds. The maximum atomic E-state index is 12.3. The van der Waals surface area contributed by atoms with Gasteiger partial charge in [-0.15, -0.1) is 0 Å². The highest BCUT2D eigenvalue weighted by atomic mass is 35.5. The second-order valence-corrected chi connectivity index (χ2v) is 7.07. The molecule has 0 aliphatic carbocycles. The number of pyridine rings is 1. The summed E-state index contributed by atoms with van der Waals surface area (Å²) in [5.74, 6) is 0. The fourth-order valence-corrected chi connectivity index (χ4v) is 3.38. The molecule has 6 nitrogen and oxygen atoms in total. The van der Waals surface area contributed by atoms with Crippen LogP contribution in [-0.4, -0.2) is 23.2 Å². The van der Waals surface area contributed by atoms with Crippen LogP contribution in [0.1, 0.15) is 24.2 Å². The van der Waals surface area contributed by atoms with Crippen molar-refractivity contribution < 1.29 is 8.42 Å². The molecule has 9 heteroatoms. The summed E-state index contributed by atoms with van der Waals surface area (Å²) in [5, 5.41) is 4.25. The fraction of sp³-hybridized carbons (Fsp3) is 0.333. The summed E-state index contributed by atoms with van der Waals surface area (Å²) in [6.07, 6.45) is 2.80. The molecule has 0 saturated heterocycles. The number of aromatic nitrogens is 3. The minimum absolute atomic E-state index is 0.0368. The highest BCUT2D eigenvalue weighted by molar-refractivity contribution is 7.89. The second kappa shape index (κ2) is 5.92. The summed E-state index contributed by atoms with van der Waals surface area (Å²) in [5.41, 5.74) is 1.69. The van der Waals surface area contributed by atoms with Gasteiger partial charge in [0.2, 0.25) is 10.0 Å². The second-order valence-electron chi connectivity index (χ2n) is 4.60. The van der Waals surface area contributed by atoms with E-state index in [4.69, 9.17) is 23.2 Å². The maximum absolute atomic E-state index is 12.3. The van der Waals surface area contributed by atoms with Gasteiger partial charge in [-0.25, -0.2) is 18.1 Å². The Morgan fingerprint density at radius 3 is 2.52 bits per heavy atom. The lowest BCUT2D eigenvalue weighted by Crippen LogP contribution is -2.27. The molecule has 0 aromatic carbocycles. The molecule has 0 bridgehead atoms. The molecule has 1 unspecified atom stereocenters. The molecular formula is C12H14Cl2N4O2S. The van der Waals surface area contributed by atoms with Crippen molar-refractivity contribution in [2.24, 2.45) is 7.05 Å². The number of sulfonamides is 1. The van der Waals surface area contributed by atoms with Crippen LogP contribution < -0.4 is 4.72 Å². The highest BCUT2D eigenvalue weighted by Crippen LogP contribution is 2.24. The standard InChI is InChI=1S/C12H14Cl2N4O2S/c1-7(10-6-16-18(3)8(10)2)17-21(19,20)9-4-11(13)12(14)15-5-9/h4-7,17H,1-3H3. The molecule has 0 radical (unpaired) electrons. The van der Waals surface area contributed by atoms with Gasteiger partial charge in [0.05, 0.1) is 11.2 Å². The molecular weight excluding hydrogens is 335 g/mol. The molecule has 114 valence electrons. The zero-order valence-electron chi connectivity index (χ0n) is 11.6. The van der Waals surface area contributed by atoms with Gasteiger partial charge < -0.3 is 0 Å². The van der Waals surface area contributed by atoms with E-state index in [0.29, 0.717) is 0 Å². The predicted octanol–water partition coefficient (Wildman–Crippen LogP) is 2.47. The van der Waals surface area contributed by atoms with E-state index in [0.717, 1.165) is 11.3 Å². The van der Waals surface area contributed by atoms with Gasteiger partial charge >= 0.3 is 0 Å². The summed E-state index contributed by atoms with van der Waals surface area (Å²) in [4.78, 5) is 3.71. The summed E-state index contributed by atoms with van der Waals surface area (Å²) in [6.45, 7) is 3.61. The first-order valence-corrected chi connectivity index (χ1v) is 8.28. The Bertz CT molecular complexity index is 774. The summed E-state index contributed by atoms with van der Waals surface area (Å²) in [7, 11) is -1.95. The molecule has 21 heavy (non-hydrogen) atoms. The van der Waals surface area contributed by atoms with Crippen LogP contribution in [0.3, 0.4) is 0 Å². The SMILES string of the molecule is Cc1c(C(C)NS(=O)(=O)c2cnc(Cl)c(Cl)c2)cnn1C. The van der Waals surface area contributed by atoms with Crippen LogP contribution in [0.15, 0.2) is 23.4 Å². The van der Waals surface area contributed by atoms with Crippen molar-refractivity contribution in [2.75, 3.05) is 0 Å². The smallest absolute Gasteiger partial charge is 0.242 e. The summed E-state index contributed by atoms with van der Waals surface area (Å²) >= 11 is 11.5. The zero-order valence-corrected chi connectivity index (χ0v) is 14.0. The summed E-state index contributed by atoms with van der Waals surface area (Å²) in [6, 6.07) is 0.834. The van der Waals surface area contributed by atoms with E-state index < -0.39 is 16.1 Å². The van der Waals surface area contributed by atoms with Gasteiger partial charge in [0, 0.05) is 30.5 Å². The van der Waals surface area contributed by atoms with E-state index >= 15 is 0 Å². The quantitative estimate of drug-likeness (QED) is 0.861. The Morgan fingerprint density at radius 2 is 2.00 bits per heavy atom. The predicted molar refractivity (Wildman–Crippen MR) is 80.9 cm³/mol. The lowest BCUT2D eigenvalue weighted by Gasteiger charge is -2.14. The van der Waals surface area contributed by atoms with Crippen molar-refractivity contribution >= 4 is 33.2 Å². The van der Waals surface area contributed by atoms with Gasteiger partial charge in [-0.05, 0) is 19.9 Å². The third-order valence-corrected chi connectivity index (χ3v) is 5.35. The number of halogens is 2. The fourth-order valence-electron chi connectivity index (χ4n) is 1.86. The molecule has 2 heterocycles. The molecule has 1 atom stereocenters. The van der Waals surface area contributed by atoms with Crippen LogP contribution in [0.4, 0.5) is 0 Å². The van der Waals surface area contributed by atoms with E-state index in [-0.39, 0.29) is 15.1 Å². The van der Waals surface area contributed by atoms with Gasteiger partial charge in [-0.1, -0.05) is 23.2 Å². The van der Waals surface area contributed by atoms with E-state index in [9.17, 15) is 8.42 Å². The average molecular weight is 349 g/mol. The Balaban J connectivity index is 2.28. The molecule has 2 rings (SSSR count). The Kier molecular flexibility index (Phi) is 4.57. The van der Waals surface area contributed by atoms with Gasteiger partial charge in [0.25, 0.3) is 0 Å². The monoisotopic (exact) mass is 348 g/mol. The lowest BCUT2D eigenvalue weighted by atomic mass is 10.1. The van der Waals surface area contributed by atoms with Crippen LogP contribution >= 0.6 is 23.2 Å². The number of nitrogens with zero attached hydrogens (tertiary/aromatic N) is 3. The number of aryl methyl sites for hydroxylation is 1. The average Bonchev–Trinajstić information content (AvgIpc) is 2.72. The van der Waals surface area contributed by atoms with Gasteiger partial charge in [0.1, 0.15) is 10.0 Å². The maximum Gasteiger partial charge on any atom is 0.242 e. The minimum Gasteiger partial charge on any atom is -0.273 e. The third kappa shape index (κ3) is 3.37. The van der Waals surface area contributed by atoms with E-state index in [1.165, 1.54) is 12.3 Å². The van der Waals surface area contributed by atoms with Crippen LogP contribution in [0, 0.1) is 6.92 Å². The van der Waals surface area contributed by atoms with Crippen LogP contribution in [0.5, 0.6) is 0 Å². The highest BCUT2D eigenvalue weighted by Gasteiger charge is 2.22. The van der Waals surface area contributed by atoms with Gasteiger partial charge in [-0.3, -0.25) is 4.68 Å². The van der Waals surface area contributed by atoms with Crippen molar-refractivity contribution in [3.63, 3.8) is 0 Å². The normalized spacial score (nSPS) is 13.4. The molecule has 0 fully saturated rings. The van der Waals surface area contributed by atoms with Crippen molar-refractivity contribution in [3.8, 4) is 0 Å². The van der Waals surface area contributed by atoms with E-state index in [2.05, 4.69) is 14.8 Å². The van der Waals surface area contributed by atoms with Crippen molar-refractivity contribution in [1.29, 1.82) is 0 Å². The number of hydrogen-bond acceptors (Lipinski definition) is 4. The van der Waals surface area contributed by atoms with E-state index in [1.54, 1.807) is 24.9 Å². The molecule has 0 aliphatic heterocycles. The topological polar surface area (TPSA) is 76.9 Å². The molecule has 2 aromatic rings. The van der Waals surface area contributed by atoms with Crippen molar-refractivity contribution in [3.05, 3.63) is 39.9 Å². The van der Waals surface area contributed by atoms with E-state index in [1.807, 2.05) is 6.92 Å². The van der Waals surface area contributed by atoms with Crippen LogP contribution in [-0.2, 0) is 17.1 Å². The Labute approximate surface area is 133 Å². The largest absolute Gasteiger partial charge is 0.273 e.